The second-order valence-corrected chi connectivity index (χ2v) is 7.96. The molecule has 1 aliphatic heterocycles. The Labute approximate surface area is 195 Å². The van der Waals surface area contributed by atoms with Gasteiger partial charge in [-0.2, -0.15) is 5.10 Å². The minimum absolute atomic E-state index is 0. The van der Waals surface area contributed by atoms with Gasteiger partial charge in [-0.3, -0.25) is 4.99 Å². The lowest BCUT2D eigenvalue weighted by Crippen LogP contribution is -2.45. The Morgan fingerprint density at radius 1 is 1.27 bits per heavy atom. The molecule has 0 fully saturated rings. The molecule has 0 saturated heterocycles. The van der Waals surface area contributed by atoms with Gasteiger partial charge in [0.1, 0.15) is 11.6 Å². The maximum Gasteiger partial charge on any atom is 0.191 e. The van der Waals surface area contributed by atoms with Crippen LogP contribution in [0.4, 0.5) is 0 Å². The fraction of sp³-hybridized carbons (Fsp3) is 0.571. The molecule has 1 unspecified atom stereocenters. The first-order chi connectivity index (χ1) is 13.9. The third-order valence-electron chi connectivity index (χ3n) is 5.38. The molecule has 2 heterocycles. The van der Waals surface area contributed by atoms with Gasteiger partial charge < -0.3 is 20.1 Å². The number of guanidine groups is 1. The van der Waals surface area contributed by atoms with E-state index in [1.807, 2.05) is 23.7 Å². The summed E-state index contributed by atoms with van der Waals surface area (Å²) in [6.07, 6.45) is 2.08. The largest absolute Gasteiger partial charge is 0.493 e. The van der Waals surface area contributed by atoms with E-state index >= 15 is 0 Å². The summed E-state index contributed by atoms with van der Waals surface area (Å²) in [7, 11) is 5.09. The number of aliphatic imine (C=N–C) groups is 1. The summed E-state index contributed by atoms with van der Waals surface area (Å²) in [5.41, 5.74) is 1.02. The number of hydrogen-bond donors (Lipinski definition) is 2. The van der Waals surface area contributed by atoms with Crippen LogP contribution in [0.15, 0.2) is 23.2 Å². The van der Waals surface area contributed by atoms with Gasteiger partial charge in [0.2, 0.25) is 0 Å². The van der Waals surface area contributed by atoms with Crippen LogP contribution >= 0.6 is 24.0 Å². The number of ether oxygens (including phenoxy) is 2. The molecular weight excluding hydrogens is 495 g/mol. The van der Waals surface area contributed by atoms with Gasteiger partial charge in [-0.25, -0.2) is 9.67 Å². The van der Waals surface area contributed by atoms with Crippen molar-refractivity contribution in [3.63, 3.8) is 0 Å². The molecule has 2 N–H and O–H groups in total. The summed E-state index contributed by atoms with van der Waals surface area (Å²) in [6, 6.07) is 6.16. The van der Waals surface area contributed by atoms with Crippen molar-refractivity contribution >= 4 is 29.9 Å². The lowest BCUT2D eigenvalue weighted by molar-refractivity contribution is 0.353. The average molecular weight is 528 g/mol. The van der Waals surface area contributed by atoms with Gasteiger partial charge in [0, 0.05) is 25.6 Å². The van der Waals surface area contributed by atoms with Crippen LogP contribution < -0.4 is 20.1 Å². The van der Waals surface area contributed by atoms with Crippen LogP contribution in [-0.2, 0) is 12.0 Å². The van der Waals surface area contributed by atoms with E-state index in [0.717, 1.165) is 54.1 Å². The van der Waals surface area contributed by atoms with Crippen LogP contribution in [0.25, 0.3) is 0 Å². The molecule has 1 aromatic carbocycles. The van der Waals surface area contributed by atoms with Crippen molar-refractivity contribution in [2.45, 2.75) is 51.6 Å². The highest BCUT2D eigenvalue weighted by Crippen LogP contribution is 2.33. The molecule has 2 aromatic rings. The van der Waals surface area contributed by atoms with Gasteiger partial charge in [0.25, 0.3) is 0 Å². The normalized spacial score (nSPS) is 16.3. The number of nitrogens with zero attached hydrogens (tertiary/aromatic N) is 4. The second-order valence-electron chi connectivity index (χ2n) is 7.96. The van der Waals surface area contributed by atoms with Crippen molar-refractivity contribution < 1.29 is 9.47 Å². The highest BCUT2D eigenvalue weighted by Gasteiger charge is 2.26. The standard InChI is InChI=1S/C21H32N6O2.HI/c1-14-24-19-16(8-7-11-27(19)26-14)25-20(22-4)23-13-21(2,3)15-9-10-17(28-5)18(12-15)29-6;/h9-10,12,16H,7-8,11,13H2,1-6H3,(H2,22,23,25);1H. The zero-order chi connectivity index (χ0) is 21.0. The van der Waals surface area contributed by atoms with Gasteiger partial charge in [-0.15, -0.1) is 24.0 Å². The maximum atomic E-state index is 5.46. The zero-order valence-corrected chi connectivity index (χ0v) is 21.0. The molecule has 166 valence electrons. The Balaban J connectivity index is 0.00000320. The minimum atomic E-state index is -0.139. The number of aromatic nitrogens is 3. The van der Waals surface area contributed by atoms with Gasteiger partial charge in [-0.05, 0) is 37.5 Å². The van der Waals surface area contributed by atoms with Crippen LogP contribution in [0.2, 0.25) is 0 Å². The molecule has 30 heavy (non-hydrogen) atoms. The van der Waals surface area contributed by atoms with E-state index in [-0.39, 0.29) is 35.4 Å². The van der Waals surface area contributed by atoms with Crippen molar-refractivity contribution in [1.82, 2.24) is 25.4 Å². The Hall–Kier alpha value is -2.04. The first-order valence-electron chi connectivity index (χ1n) is 9.99. The van der Waals surface area contributed by atoms with E-state index in [1.54, 1.807) is 21.3 Å². The number of nitrogens with one attached hydrogen (secondary N) is 2. The molecule has 0 saturated carbocycles. The smallest absolute Gasteiger partial charge is 0.191 e. The van der Waals surface area contributed by atoms with E-state index in [4.69, 9.17) is 9.47 Å². The zero-order valence-electron chi connectivity index (χ0n) is 18.7. The van der Waals surface area contributed by atoms with Crippen molar-refractivity contribution in [3.05, 3.63) is 35.4 Å². The summed E-state index contributed by atoms with van der Waals surface area (Å²) in [5.74, 6) is 4.02. The Morgan fingerprint density at radius 3 is 2.67 bits per heavy atom. The van der Waals surface area contributed by atoms with Crippen molar-refractivity contribution in [2.75, 3.05) is 27.8 Å². The first kappa shape index (κ1) is 24.2. The molecular formula is C21H33IN6O2. The monoisotopic (exact) mass is 528 g/mol. The van der Waals surface area contributed by atoms with Gasteiger partial charge >= 0.3 is 0 Å². The minimum Gasteiger partial charge on any atom is -0.493 e. The number of benzene rings is 1. The number of halogens is 1. The Bertz CT molecular complexity index is 880. The molecule has 0 radical (unpaired) electrons. The van der Waals surface area contributed by atoms with Gasteiger partial charge in [0.05, 0.1) is 20.3 Å². The molecule has 0 spiro atoms. The third-order valence-corrected chi connectivity index (χ3v) is 5.38. The van der Waals surface area contributed by atoms with Crippen LogP contribution in [0.3, 0.4) is 0 Å². The fourth-order valence-corrected chi connectivity index (χ4v) is 3.63. The lowest BCUT2D eigenvalue weighted by atomic mass is 9.84. The quantitative estimate of drug-likeness (QED) is 0.341. The first-order valence-corrected chi connectivity index (χ1v) is 9.99. The second kappa shape index (κ2) is 10.3. The molecule has 0 aliphatic carbocycles. The van der Waals surface area contributed by atoms with E-state index in [2.05, 4.69) is 45.6 Å². The highest BCUT2D eigenvalue weighted by molar-refractivity contribution is 14.0. The Kier molecular flexibility index (Phi) is 8.34. The predicted octanol–water partition coefficient (Wildman–Crippen LogP) is 3.20. The molecule has 1 aromatic heterocycles. The average Bonchev–Trinajstić information content (AvgIpc) is 3.11. The topological polar surface area (TPSA) is 85.6 Å². The predicted molar refractivity (Wildman–Crippen MR) is 129 cm³/mol. The number of hydrogen-bond acceptors (Lipinski definition) is 5. The van der Waals surface area contributed by atoms with Crippen molar-refractivity contribution in [3.8, 4) is 11.5 Å². The highest BCUT2D eigenvalue weighted by atomic mass is 127. The Morgan fingerprint density at radius 2 is 2.00 bits per heavy atom. The maximum absolute atomic E-state index is 5.46. The molecule has 1 aliphatic rings. The molecule has 1 atom stereocenters. The van der Waals surface area contributed by atoms with Crippen LogP contribution in [0, 0.1) is 6.92 Å². The summed E-state index contributed by atoms with van der Waals surface area (Å²) in [6.45, 7) is 7.94. The van der Waals surface area contributed by atoms with Crippen LogP contribution in [-0.4, -0.2) is 48.5 Å². The van der Waals surface area contributed by atoms with Crippen molar-refractivity contribution in [2.24, 2.45) is 4.99 Å². The fourth-order valence-electron chi connectivity index (χ4n) is 3.63. The van der Waals surface area contributed by atoms with Gasteiger partial charge in [0.15, 0.2) is 17.5 Å². The summed E-state index contributed by atoms with van der Waals surface area (Å²) >= 11 is 0. The van der Waals surface area contributed by atoms with E-state index in [0.29, 0.717) is 6.54 Å². The van der Waals surface area contributed by atoms with Crippen LogP contribution in [0.1, 0.15) is 49.9 Å². The third kappa shape index (κ3) is 5.35. The number of aryl methyl sites for hydroxylation is 2. The van der Waals surface area contributed by atoms with E-state index in [1.165, 1.54) is 0 Å². The summed E-state index contributed by atoms with van der Waals surface area (Å²) in [5, 5.41) is 11.5. The molecule has 3 rings (SSSR count). The summed E-state index contributed by atoms with van der Waals surface area (Å²) < 4.78 is 12.8. The molecule has 0 amide bonds. The SMILES string of the molecule is CN=C(NCC(C)(C)c1ccc(OC)c(OC)c1)NC1CCCn2nc(C)nc21.I. The van der Waals surface area contributed by atoms with E-state index < -0.39 is 0 Å². The molecule has 9 heteroatoms. The number of fused-ring (bicyclic) bond motifs is 1. The molecule has 8 nitrogen and oxygen atoms in total. The van der Waals surface area contributed by atoms with Gasteiger partial charge in [-0.1, -0.05) is 19.9 Å². The van der Waals surface area contributed by atoms with E-state index in [9.17, 15) is 0 Å². The van der Waals surface area contributed by atoms with Crippen molar-refractivity contribution in [1.29, 1.82) is 0 Å². The summed E-state index contributed by atoms with van der Waals surface area (Å²) in [4.78, 5) is 9.00. The van der Waals surface area contributed by atoms with Crippen LogP contribution in [0.5, 0.6) is 11.5 Å². The number of rotatable bonds is 6. The molecule has 0 bridgehead atoms. The number of methoxy groups -OCH3 is 2. The lowest BCUT2D eigenvalue weighted by Gasteiger charge is -2.29.